The fourth-order valence-electron chi connectivity index (χ4n) is 3.53. The predicted molar refractivity (Wildman–Crippen MR) is 114 cm³/mol. The van der Waals surface area contributed by atoms with Gasteiger partial charge in [-0.05, 0) is 36.8 Å². The fourth-order valence-corrected chi connectivity index (χ4v) is 3.92. The third kappa shape index (κ3) is 2.54. The number of para-hydroxylation sites is 2. The Bertz CT molecular complexity index is 1420. The lowest BCUT2D eigenvalue weighted by Gasteiger charge is -2.07. The number of benzene rings is 2. The van der Waals surface area contributed by atoms with Crippen LogP contribution in [0.4, 0.5) is 0 Å². The van der Waals surface area contributed by atoms with Crippen molar-refractivity contribution < 1.29 is 0 Å². The van der Waals surface area contributed by atoms with Gasteiger partial charge in [0, 0.05) is 11.0 Å². The van der Waals surface area contributed by atoms with Crippen LogP contribution in [0.1, 0.15) is 13.3 Å². The largest absolute Gasteiger partial charge is 0.299 e. The van der Waals surface area contributed by atoms with Gasteiger partial charge in [0.15, 0.2) is 11.3 Å². The van der Waals surface area contributed by atoms with Crippen LogP contribution >= 0.6 is 15.9 Å². The van der Waals surface area contributed by atoms with Gasteiger partial charge in [-0.1, -0.05) is 41.1 Å². The molecule has 0 radical (unpaired) electrons. The molecular formula is C21H16BrN5O. The Morgan fingerprint density at radius 3 is 2.54 bits per heavy atom. The number of hydrogen-bond donors (Lipinski definition) is 0. The molecule has 2 aromatic carbocycles. The number of aryl methyl sites for hydroxylation is 1. The Morgan fingerprint density at radius 2 is 1.79 bits per heavy atom. The number of aromatic nitrogens is 5. The summed E-state index contributed by atoms with van der Waals surface area (Å²) in [4.78, 5) is 27.5. The summed E-state index contributed by atoms with van der Waals surface area (Å²) >= 11 is 3.53. The van der Waals surface area contributed by atoms with Crippen LogP contribution in [0.15, 0.2) is 64.1 Å². The molecule has 0 aliphatic rings. The molecule has 0 saturated heterocycles. The minimum absolute atomic E-state index is 0.0878. The van der Waals surface area contributed by atoms with Crippen LogP contribution < -0.4 is 5.56 Å². The third-order valence-corrected chi connectivity index (χ3v) is 5.25. The van der Waals surface area contributed by atoms with E-state index in [4.69, 9.17) is 9.97 Å². The number of fused-ring (bicyclic) bond motifs is 4. The highest BCUT2D eigenvalue weighted by Gasteiger charge is 2.20. The van der Waals surface area contributed by atoms with Crippen LogP contribution in [-0.4, -0.2) is 24.1 Å². The Labute approximate surface area is 168 Å². The molecule has 0 fully saturated rings. The molecule has 28 heavy (non-hydrogen) atoms. The van der Waals surface area contributed by atoms with Crippen LogP contribution in [0, 0.1) is 0 Å². The summed E-state index contributed by atoms with van der Waals surface area (Å²) in [6, 6.07) is 15.5. The molecule has 0 N–H and O–H groups in total. The molecule has 0 aliphatic carbocycles. The van der Waals surface area contributed by atoms with Crippen LogP contribution in [0.5, 0.6) is 0 Å². The molecule has 0 atom stereocenters. The summed E-state index contributed by atoms with van der Waals surface area (Å²) in [5.41, 5.74) is 4.11. The first-order valence-corrected chi connectivity index (χ1v) is 9.89. The van der Waals surface area contributed by atoms with Gasteiger partial charge in [-0.15, -0.1) is 0 Å². The van der Waals surface area contributed by atoms with E-state index < -0.39 is 0 Å². The summed E-state index contributed by atoms with van der Waals surface area (Å²) in [6.45, 7) is 2.65. The van der Waals surface area contributed by atoms with E-state index in [9.17, 15) is 4.79 Å². The van der Waals surface area contributed by atoms with Crippen molar-refractivity contribution >= 4 is 49.2 Å². The average molecular weight is 434 g/mol. The first kappa shape index (κ1) is 17.1. The third-order valence-electron chi connectivity index (χ3n) is 4.76. The smallest absolute Gasteiger partial charge is 0.265 e. The molecule has 5 rings (SSSR count). The van der Waals surface area contributed by atoms with Gasteiger partial charge >= 0.3 is 0 Å². The maximum atomic E-state index is 13.2. The predicted octanol–water partition coefficient (Wildman–Crippen LogP) is 4.46. The number of rotatable bonds is 3. The van der Waals surface area contributed by atoms with E-state index in [1.807, 2.05) is 60.0 Å². The lowest BCUT2D eigenvalue weighted by atomic mass is 10.3. The van der Waals surface area contributed by atoms with E-state index in [1.165, 1.54) is 0 Å². The van der Waals surface area contributed by atoms with Gasteiger partial charge in [0.25, 0.3) is 5.56 Å². The van der Waals surface area contributed by atoms with Crippen LogP contribution in [0.3, 0.4) is 0 Å². The Balaban J connectivity index is 2.00. The second-order valence-corrected chi connectivity index (χ2v) is 7.56. The fraction of sp³-hybridized carbons (Fsp3) is 0.143. The van der Waals surface area contributed by atoms with Crippen molar-refractivity contribution in [1.82, 2.24) is 24.1 Å². The highest BCUT2D eigenvalue weighted by atomic mass is 79.9. The Morgan fingerprint density at radius 1 is 1.00 bits per heavy atom. The van der Waals surface area contributed by atoms with E-state index in [2.05, 4.69) is 20.9 Å². The summed E-state index contributed by atoms with van der Waals surface area (Å²) in [5, 5.41) is 0.504. The van der Waals surface area contributed by atoms with Crippen molar-refractivity contribution in [2.75, 3.05) is 0 Å². The molecule has 3 aromatic heterocycles. The van der Waals surface area contributed by atoms with Gasteiger partial charge < -0.3 is 0 Å². The minimum Gasteiger partial charge on any atom is -0.299 e. The van der Waals surface area contributed by atoms with Crippen molar-refractivity contribution in [2.24, 2.45) is 0 Å². The highest BCUT2D eigenvalue weighted by molar-refractivity contribution is 9.10. The topological polar surface area (TPSA) is 65.6 Å². The zero-order chi connectivity index (χ0) is 19.3. The van der Waals surface area contributed by atoms with E-state index in [1.54, 1.807) is 10.9 Å². The first-order valence-electron chi connectivity index (χ1n) is 9.09. The minimum atomic E-state index is -0.0878. The molecule has 0 saturated carbocycles. The molecule has 3 heterocycles. The van der Waals surface area contributed by atoms with E-state index in [0.29, 0.717) is 28.7 Å². The van der Waals surface area contributed by atoms with Crippen molar-refractivity contribution in [1.29, 1.82) is 0 Å². The first-order chi connectivity index (χ1) is 13.7. The van der Waals surface area contributed by atoms with Crippen molar-refractivity contribution in [3.8, 4) is 5.69 Å². The summed E-state index contributed by atoms with van der Waals surface area (Å²) in [5.74, 6) is 0. The lowest BCUT2D eigenvalue weighted by molar-refractivity contribution is 0.647. The van der Waals surface area contributed by atoms with Gasteiger partial charge in [0.05, 0.1) is 23.0 Å². The maximum absolute atomic E-state index is 13.2. The summed E-state index contributed by atoms with van der Waals surface area (Å²) < 4.78 is 4.49. The van der Waals surface area contributed by atoms with Crippen LogP contribution in [0.2, 0.25) is 0 Å². The quantitative estimate of drug-likeness (QED) is 0.421. The van der Waals surface area contributed by atoms with Crippen molar-refractivity contribution in [3.05, 3.63) is 69.7 Å². The van der Waals surface area contributed by atoms with Crippen molar-refractivity contribution in [3.63, 3.8) is 0 Å². The number of nitrogens with zero attached hydrogens (tertiary/aromatic N) is 5. The van der Waals surface area contributed by atoms with Crippen molar-refractivity contribution in [2.45, 2.75) is 19.9 Å². The van der Waals surface area contributed by atoms with E-state index >= 15 is 0 Å². The molecule has 0 aliphatic heterocycles. The van der Waals surface area contributed by atoms with E-state index in [0.717, 1.165) is 27.6 Å². The van der Waals surface area contributed by atoms with E-state index in [-0.39, 0.29) is 5.56 Å². The number of hydrogen-bond acceptors (Lipinski definition) is 4. The SMILES string of the molecule is CCCn1cnc2c(c1=O)c1nc3ccccc3nc1n2-c1cccc(Br)c1. The molecule has 7 heteroatoms. The standard InChI is InChI=1S/C21H16BrN5O/c1-2-10-26-12-23-19-17(21(26)28)18-20(25-16-9-4-3-8-15(16)24-18)27(19)14-7-5-6-13(22)11-14/h3-9,11-12H,2,10H2,1H3. The zero-order valence-corrected chi connectivity index (χ0v) is 16.7. The summed E-state index contributed by atoms with van der Waals surface area (Å²) in [7, 11) is 0. The maximum Gasteiger partial charge on any atom is 0.265 e. The van der Waals surface area contributed by atoms with Gasteiger partial charge in [-0.25, -0.2) is 15.0 Å². The average Bonchev–Trinajstić information content (AvgIpc) is 3.02. The Hall–Kier alpha value is -3.06. The molecule has 0 unspecified atom stereocenters. The monoisotopic (exact) mass is 433 g/mol. The summed E-state index contributed by atoms with van der Waals surface area (Å²) in [6.07, 6.45) is 2.47. The highest BCUT2D eigenvalue weighted by Crippen LogP contribution is 2.29. The second-order valence-electron chi connectivity index (χ2n) is 6.64. The van der Waals surface area contributed by atoms with Gasteiger partial charge in [-0.2, -0.15) is 0 Å². The second kappa shape index (κ2) is 6.53. The molecule has 5 aromatic rings. The van der Waals surface area contributed by atoms with Crippen LogP contribution in [0.25, 0.3) is 38.9 Å². The molecule has 6 nitrogen and oxygen atoms in total. The van der Waals surface area contributed by atoms with Gasteiger partial charge in [-0.3, -0.25) is 13.9 Å². The van der Waals surface area contributed by atoms with Crippen LogP contribution in [-0.2, 0) is 6.54 Å². The van der Waals surface area contributed by atoms with Gasteiger partial charge in [0.1, 0.15) is 10.9 Å². The molecule has 0 bridgehead atoms. The molecule has 0 amide bonds. The Kier molecular flexibility index (Phi) is 3.98. The normalized spacial score (nSPS) is 11.6. The lowest BCUT2D eigenvalue weighted by Crippen LogP contribution is -2.20. The van der Waals surface area contributed by atoms with Gasteiger partial charge in [0.2, 0.25) is 0 Å². The number of halogens is 1. The molecular weight excluding hydrogens is 418 g/mol. The molecule has 138 valence electrons. The molecule has 0 spiro atoms. The zero-order valence-electron chi connectivity index (χ0n) is 15.1.